The lowest BCUT2D eigenvalue weighted by molar-refractivity contribution is 0.243. The van der Waals surface area contributed by atoms with E-state index in [0.717, 1.165) is 49.1 Å². The second-order valence-corrected chi connectivity index (χ2v) is 9.06. The molecule has 0 radical (unpaired) electrons. The minimum atomic E-state index is -2.96. The normalized spacial score (nSPS) is 24.9. The van der Waals surface area contributed by atoms with Crippen molar-refractivity contribution in [1.82, 2.24) is 5.32 Å². The third kappa shape index (κ3) is 4.57. The zero-order valence-corrected chi connectivity index (χ0v) is 15.0. The van der Waals surface area contributed by atoms with Crippen LogP contribution in [0.2, 0.25) is 0 Å². The summed E-state index contributed by atoms with van der Waals surface area (Å²) in [6.07, 6.45) is 5.93. The summed E-state index contributed by atoms with van der Waals surface area (Å²) < 4.78 is 30.2. The van der Waals surface area contributed by atoms with Crippen molar-refractivity contribution in [3.05, 3.63) is 22.6 Å². The number of nitrogens with one attached hydrogen (secondary N) is 1. The molecule has 1 aliphatic carbocycles. The van der Waals surface area contributed by atoms with Crippen LogP contribution in [-0.2, 0) is 9.84 Å². The molecular weight excluding hydrogens is 354 g/mol. The molecule has 3 atom stereocenters. The molecule has 0 saturated heterocycles. The fraction of sp³-hybridized carbons (Fsp3) is 0.733. The smallest absolute Gasteiger partial charge is 0.169 e. The highest BCUT2D eigenvalue weighted by Crippen LogP contribution is 2.37. The van der Waals surface area contributed by atoms with Crippen molar-refractivity contribution in [2.75, 3.05) is 12.8 Å². The molecule has 0 aliphatic heterocycles. The molecule has 1 heterocycles. The summed E-state index contributed by atoms with van der Waals surface area (Å²) >= 11 is 3.35. The van der Waals surface area contributed by atoms with Gasteiger partial charge in [-0.1, -0.05) is 13.3 Å². The van der Waals surface area contributed by atoms with Gasteiger partial charge in [0.25, 0.3) is 0 Å². The minimum absolute atomic E-state index is 0.0980. The fourth-order valence-corrected chi connectivity index (χ4v) is 4.68. The molecule has 1 N–H and O–H groups in total. The summed E-state index contributed by atoms with van der Waals surface area (Å²) in [6.45, 7) is 3.03. The Kier molecular flexibility index (Phi) is 5.91. The second kappa shape index (κ2) is 7.29. The summed E-state index contributed by atoms with van der Waals surface area (Å²) in [4.78, 5) is 0. The van der Waals surface area contributed by atoms with Crippen molar-refractivity contribution >= 4 is 25.8 Å². The molecule has 2 rings (SSSR count). The van der Waals surface area contributed by atoms with Crippen LogP contribution in [0.1, 0.15) is 50.8 Å². The van der Waals surface area contributed by atoms with E-state index in [1.807, 2.05) is 12.1 Å². The molecule has 4 nitrogen and oxygen atoms in total. The first kappa shape index (κ1) is 17.0. The van der Waals surface area contributed by atoms with Crippen LogP contribution in [0.5, 0.6) is 0 Å². The largest absolute Gasteiger partial charge is 0.453 e. The Morgan fingerprint density at radius 1 is 1.43 bits per heavy atom. The molecule has 1 aromatic rings. The van der Waals surface area contributed by atoms with Crippen LogP contribution in [0.25, 0.3) is 0 Å². The van der Waals surface area contributed by atoms with Crippen molar-refractivity contribution in [2.24, 2.45) is 5.92 Å². The van der Waals surface area contributed by atoms with Crippen molar-refractivity contribution in [1.29, 1.82) is 0 Å². The summed E-state index contributed by atoms with van der Waals surface area (Å²) in [5.41, 5.74) is 0. The van der Waals surface area contributed by atoms with Crippen LogP contribution in [0.3, 0.4) is 0 Å². The van der Waals surface area contributed by atoms with Crippen molar-refractivity contribution in [2.45, 2.75) is 50.3 Å². The Morgan fingerprint density at radius 3 is 2.76 bits per heavy atom. The number of hydrogen-bond donors (Lipinski definition) is 1. The van der Waals surface area contributed by atoms with Crippen LogP contribution in [-0.4, -0.2) is 26.5 Å². The molecular formula is C15H24BrNO3S. The highest BCUT2D eigenvalue weighted by atomic mass is 79.9. The Hall–Kier alpha value is -0.330. The summed E-state index contributed by atoms with van der Waals surface area (Å²) in [5.74, 6) is 1.21. The van der Waals surface area contributed by atoms with Gasteiger partial charge in [0.15, 0.2) is 4.67 Å². The highest BCUT2D eigenvalue weighted by molar-refractivity contribution is 9.10. The molecule has 120 valence electrons. The van der Waals surface area contributed by atoms with E-state index in [9.17, 15) is 8.42 Å². The van der Waals surface area contributed by atoms with E-state index in [0.29, 0.717) is 5.92 Å². The standard InChI is InChI=1S/C15H24BrNO3S/c1-3-9-17-15(13-7-8-14(16)20-13)11-5-4-6-12(10-11)21(2,18)19/h7-8,11-12,15,17H,3-6,9-10H2,1-2H3. The van der Waals surface area contributed by atoms with Crippen LogP contribution in [0.15, 0.2) is 21.2 Å². The number of furan rings is 1. The Balaban J connectivity index is 2.16. The van der Waals surface area contributed by atoms with Gasteiger partial charge in [0.05, 0.1) is 11.3 Å². The lowest BCUT2D eigenvalue weighted by Gasteiger charge is -2.33. The average Bonchev–Trinajstić information content (AvgIpc) is 2.85. The van der Waals surface area contributed by atoms with Gasteiger partial charge in [-0.15, -0.1) is 0 Å². The monoisotopic (exact) mass is 377 g/mol. The Labute approximate surface area is 135 Å². The van der Waals surface area contributed by atoms with Crippen LogP contribution in [0, 0.1) is 5.92 Å². The minimum Gasteiger partial charge on any atom is -0.453 e. The van der Waals surface area contributed by atoms with Gasteiger partial charge < -0.3 is 9.73 Å². The fourth-order valence-electron chi connectivity index (χ4n) is 3.17. The van der Waals surface area contributed by atoms with Crippen molar-refractivity contribution < 1.29 is 12.8 Å². The molecule has 1 saturated carbocycles. The van der Waals surface area contributed by atoms with E-state index in [1.54, 1.807) is 0 Å². The van der Waals surface area contributed by atoms with Crippen LogP contribution >= 0.6 is 15.9 Å². The predicted molar refractivity (Wildman–Crippen MR) is 88.0 cm³/mol. The number of hydrogen-bond acceptors (Lipinski definition) is 4. The van der Waals surface area contributed by atoms with Gasteiger partial charge in [-0.3, -0.25) is 0 Å². The molecule has 6 heteroatoms. The number of rotatable bonds is 6. The first-order chi connectivity index (χ1) is 9.91. The third-order valence-corrected chi connectivity index (χ3v) is 6.32. The van der Waals surface area contributed by atoms with E-state index in [4.69, 9.17) is 4.42 Å². The zero-order chi connectivity index (χ0) is 15.5. The first-order valence-electron chi connectivity index (χ1n) is 7.59. The molecule has 0 amide bonds. The Bertz CT molecular complexity index is 555. The zero-order valence-electron chi connectivity index (χ0n) is 12.6. The van der Waals surface area contributed by atoms with Crippen molar-refractivity contribution in [3.8, 4) is 0 Å². The summed E-state index contributed by atoms with van der Waals surface area (Å²) in [7, 11) is -2.96. The third-order valence-electron chi connectivity index (χ3n) is 4.26. The van der Waals surface area contributed by atoms with Gasteiger partial charge in [-0.05, 0) is 66.2 Å². The molecule has 21 heavy (non-hydrogen) atoms. The van der Waals surface area contributed by atoms with Crippen molar-refractivity contribution in [3.63, 3.8) is 0 Å². The molecule has 1 aromatic heterocycles. The first-order valence-corrected chi connectivity index (χ1v) is 10.3. The lowest BCUT2D eigenvalue weighted by Crippen LogP contribution is -2.35. The van der Waals surface area contributed by atoms with Gasteiger partial charge in [0.1, 0.15) is 15.6 Å². The lowest BCUT2D eigenvalue weighted by atomic mass is 9.82. The van der Waals surface area contributed by atoms with Gasteiger partial charge >= 0.3 is 0 Å². The van der Waals surface area contributed by atoms with E-state index < -0.39 is 9.84 Å². The van der Waals surface area contributed by atoms with Crippen LogP contribution in [0.4, 0.5) is 0 Å². The predicted octanol–water partition coefficient (Wildman–Crippen LogP) is 3.69. The SMILES string of the molecule is CCCNC(c1ccc(Br)o1)C1CCCC(S(C)(=O)=O)C1. The van der Waals surface area contributed by atoms with E-state index in [1.165, 1.54) is 6.26 Å². The topological polar surface area (TPSA) is 59.3 Å². The van der Waals surface area contributed by atoms with Crippen LogP contribution < -0.4 is 5.32 Å². The molecule has 0 spiro atoms. The maximum Gasteiger partial charge on any atom is 0.169 e. The van der Waals surface area contributed by atoms with E-state index in [2.05, 4.69) is 28.2 Å². The Morgan fingerprint density at radius 2 is 2.19 bits per heavy atom. The summed E-state index contributed by atoms with van der Waals surface area (Å²) in [6, 6.07) is 3.97. The highest BCUT2D eigenvalue weighted by Gasteiger charge is 2.34. The summed E-state index contributed by atoms with van der Waals surface area (Å²) in [5, 5.41) is 3.32. The maximum absolute atomic E-state index is 11.9. The second-order valence-electron chi connectivity index (χ2n) is 5.95. The number of halogens is 1. The molecule has 1 aliphatic rings. The van der Waals surface area contributed by atoms with Gasteiger partial charge in [0.2, 0.25) is 0 Å². The molecule has 1 fully saturated rings. The number of sulfone groups is 1. The van der Waals surface area contributed by atoms with Gasteiger partial charge in [-0.2, -0.15) is 0 Å². The van der Waals surface area contributed by atoms with Gasteiger partial charge in [-0.25, -0.2) is 8.42 Å². The maximum atomic E-state index is 11.9. The quantitative estimate of drug-likeness (QED) is 0.820. The average molecular weight is 378 g/mol. The molecule has 0 bridgehead atoms. The van der Waals surface area contributed by atoms with Gasteiger partial charge in [0, 0.05) is 6.26 Å². The molecule has 0 aromatic carbocycles. The van der Waals surface area contributed by atoms with E-state index >= 15 is 0 Å². The van der Waals surface area contributed by atoms with E-state index in [-0.39, 0.29) is 11.3 Å². The molecule has 3 unspecified atom stereocenters.